The van der Waals surface area contributed by atoms with Gasteiger partial charge in [0, 0.05) is 31.6 Å². The highest BCUT2D eigenvalue weighted by Gasteiger charge is 2.48. The van der Waals surface area contributed by atoms with Gasteiger partial charge in [0.15, 0.2) is 11.5 Å². The molecule has 0 spiro atoms. The Labute approximate surface area is 206 Å². The summed E-state index contributed by atoms with van der Waals surface area (Å²) in [6.45, 7) is 8.27. The van der Waals surface area contributed by atoms with E-state index in [-0.39, 0.29) is 43.8 Å². The quantitative estimate of drug-likeness (QED) is 0.505. The molecule has 1 saturated heterocycles. The summed E-state index contributed by atoms with van der Waals surface area (Å²) in [7, 11) is 1.62. The maximum atomic E-state index is 13.4. The Bertz CT molecular complexity index is 1040. The Hall–Kier alpha value is -3.26. The lowest BCUT2D eigenvalue weighted by Crippen LogP contribution is -2.41. The van der Waals surface area contributed by atoms with E-state index in [0.717, 1.165) is 16.9 Å². The molecule has 0 radical (unpaired) electrons. The van der Waals surface area contributed by atoms with Crippen molar-refractivity contribution in [2.45, 2.75) is 32.7 Å². The maximum Gasteiger partial charge on any atom is 0.311 e. The number of amides is 1. The lowest BCUT2D eigenvalue weighted by molar-refractivity contribution is -0.150. The number of likely N-dealkylation sites (N-methyl/N-ethyl adjacent to an activating group) is 1. The third-order valence-electron chi connectivity index (χ3n) is 6.89. The zero-order valence-electron chi connectivity index (χ0n) is 20.9. The van der Waals surface area contributed by atoms with Crippen molar-refractivity contribution in [2.75, 3.05) is 46.7 Å². The van der Waals surface area contributed by atoms with E-state index >= 15 is 0 Å². The molecule has 2 aromatic rings. The number of ether oxygens (including phenoxy) is 4. The summed E-state index contributed by atoms with van der Waals surface area (Å²) in [6, 6.07) is 13.2. The van der Waals surface area contributed by atoms with Crippen LogP contribution >= 0.6 is 0 Å². The summed E-state index contributed by atoms with van der Waals surface area (Å²) < 4.78 is 22.0. The Kier molecular flexibility index (Phi) is 7.80. The molecule has 35 heavy (non-hydrogen) atoms. The van der Waals surface area contributed by atoms with Crippen LogP contribution in [0.5, 0.6) is 17.2 Å². The Morgan fingerprint density at radius 3 is 2.34 bits per heavy atom. The molecule has 0 bridgehead atoms. The normalized spacial score (nSPS) is 21.1. The van der Waals surface area contributed by atoms with Gasteiger partial charge in [0.1, 0.15) is 5.75 Å². The summed E-state index contributed by atoms with van der Waals surface area (Å²) in [5.74, 6) is 1.20. The number of nitrogens with zero attached hydrogens (tertiary/aromatic N) is 2. The van der Waals surface area contributed by atoms with Crippen molar-refractivity contribution in [3.8, 4) is 17.2 Å². The molecule has 0 unspecified atom stereocenters. The molecule has 1 fully saturated rings. The van der Waals surface area contributed by atoms with Crippen LogP contribution < -0.4 is 14.2 Å². The van der Waals surface area contributed by atoms with Crippen LogP contribution in [0, 0.1) is 5.92 Å². The summed E-state index contributed by atoms with van der Waals surface area (Å²) in [4.78, 5) is 30.5. The minimum atomic E-state index is -0.492. The van der Waals surface area contributed by atoms with Crippen LogP contribution in [-0.2, 0) is 14.3 Å². The molecule has 0 aromatic heterocycles. The van der Waals surface area contributed by atoms with Crippen LogP contribution in [0.1, 0.15) is 43.9 Å². The van der Waals surface area contributed by atoms with Gasteiger partial charge in [0.25, 0.3) is 0 Å². The highest BCUT2D eigenvalue weighted by Crippen LogP contribution is 2.48. The van der Waals surface area contributed by atoms with Gasteiger partial charge in [-0.05, 0) is 56.2 Å². The Balaban J connectivity index is 1.75. The van der Waals surface area contributed by atoms with Crippen molar-refractivity contribution in [2.24, 2.45) is 5.92 Å². The van der Waals surface area contributed by atoms with E-state index in [0.29, 0.717) is 31.1 Å². The number of rotatable bonds is 9. The minimum Gasteiger partial charge on any atom is -0.497 e. The van der Waals surface area contributed by atoms with Gasteiger partial charge in [-0.2, -0.15) is 0 Å². The first-order valence-corrected chi connectivity index (χ1v) is 12.2. The minimum absolute atomic E-state index is 0.0439. The fourth-order valence-corrected chi connectivity index (χ4v) is 5.15. The number of hydrogen-bond donors (Lipinski definition) is 0. The number of hydrogen-bond acceptors (Lipinski definition) is 7. The van der Waals surface area contributed by atoms with E-state index in [9.17, 15) is 9.59 Å². The highest BCUT2D eigenvalue weighted by atomic mass is 16.7. The van der Waals surface area contributed by atoms with Crippen molar-refractivity contribution in [1.29, 1.82) is 0 Å². The van der Waals surface area contributed by atoms with Gasteiger partial charge < -0.3 is 23.8 Å². The molecule has 3 atom stereocenters. The van der Waals surface area contributed by atoms with E-state index in [1.807, 2.05) is 68.1 Å². The van der Waals surface area contributed by atoms with Gasteiger partial charge in [0.05, 0.1) is 26.2 Å². The summed E-state index contributed by atoms with van der Waals surface area (Å²) in [6.07, 6.45) is 0. The number of esters is 1. The Morgan fingerprint density at radius 1 is 1.00 bits per heavy atom. The van der Waals surface area contributed by atoms with Crippen molar-refractivity contribution in [3.05, 3.63) is 53.6 Å². The fraction of sp³-hybridized carbons (Fsp3) is 0.481. The molecular weight excluding hydrogens is 448 g/mol. The third-order valence-corrected chi connectivity index (χ3v) is 6.89. The van der Waals surface area contributed by atoms with E-state index in [4.69, 9.17) is 18.9 Å². The predicted molar refractivity (Wildman–Crippen MR) is 131 cm³/mol. The van der Waals surface area contributed by atoms with Crippen LogP contribution in [-0.4, -0.2) is 68.4 Å². The van der Waals surface area contributed by atoms with E-state index in [1.165, 1.54) is 0 Å². The second kappa shape index (κ2) is 11.0. The summed E-state index contributed by atoms with van der Waals surface area (Å²) >= 11 is 0. The van der Waals surface area contributed by atoms with Gasteiger partial charge in [-0.15, -0.1) is 0 Å². The topological polar surface area (TPSA) is 77.5 Å². The first-order chi connectivity index (χ1) is 17.0. The third kappa shape index (κ3) is 5.07. The van der Waals surface area contributed by atoms with E-state index in [2.05, 4.69) is 4.90 Å². The van der Waals surface area contributed by atoms with Gasteiger partial charge in [-0.3, -0.25) is 14.5 Å². The predicted octanol–water partition coefficient (Wildman–Crippen LogP) is 3.61. The number of methoxy groups -OCH3 is 1. The lowest BCUT2D eigenvalue weighted by atomic mass is 9.82. The molecule has 2 aliphatic heterocycles. The lowest BCUT2D eigenvalue weighted by Gasteiger charge is -2.29. The Morgan fingerprint density at radius 2 is 1.69 bits per heavy atom. The van der Waals surface area contributed by atoms with Crippen LogP contribution in [0.2, 0.25) is 0 Å². The summed E-state index contributed by atoms with van der Waals surface area (Å²) in [5.41, 5.74) is 1.91. The molecule has 0 saturated carbocycles. The zero-order chi connectivity index (χ0) is 24.9. The fourth-order valence-electron chi connectivity index (χ4n) is 5.15. The first-order valence-electron chi connectivity index (χ1n) is 12.2. The smallest absolute Gasteiger partial charge is 0.311 e. The molecule has 8 nitrogen and oxygen atoms in total. The van der Waals surface area contributed by atoms with E-state index in [1.54, 1.807) is 7.11 Å². The average Bonchev–Trinajstić information content (AvgIpc) is 3.49. The monoisotopic (exact) mass is 482 g/mol. The summed E-state index contributed by atoms with van der Waals surface area (Å²) in [5, 5.41) is 0. The standard InChI is InChI=1S/C27H34N2O6/c1-5-28(6-2)24(30)16-29-15-21(19-10-13-22-23(14-19)35-17-34-22)25(27(31)33-7-3)26(29)18-8-11-20(32-4)12-9-18/h8-14,21,25-26H,5-7,15-17H2,1-4H3/t21-,25-,26+/m1/s1. The molecule has 188 valence electrons. The molecule has 2 aromatic carbocycles. The molecule has 1 amide bonds. The maximum absolute atomic E-state index is 13.4. The molecule has 2 heterocycles. The second-order valence-corrected chi connectivity index (χ2v) is 8.71. The average molecular weight is 483 g/mol. The van der Waals surface area contributed by atoms with Crippen LogP contribution in [0.25, 0.3) is 0 Å². The molecular formula is C27H34N2O6. The van der Waals surface area contributed by atoms with Gasteiger partial charge in [-0.25, -0.2) is 0 Å². The van der Waals surface area contributed by atoms with E-state index < -0.39 is 5.92 Å². The van der Waals surface area contributed by atoms with Crippen LogP contribution in [0.15, 0.2) is 42.5 Å². The molecule has 0 N–H and O–H groups in total. The second-order valence-electron chi connectivity index (χ2n) is 8.71. The molecule has 0 aliphatic carbocycles. The van der Waals surface area contributed by atoms with Crippen molar-refractivity contribution < 1.29 is 28.5 Å². The van der Waals surface area contributed by atoms with Gasteiger partial charge in [0.2, 0.25) is 12.7 Å². The zero-order valence-corrected chi connectivity index (χ0v) is 20.9. The molecule has 8 heteroatoms. The number of fused-ring (bicyclic) bond motifs is 1. The SMILES string of the molecule is CCOC(=O)[C@@H]1[C@@H](c2ccc3c(c2)OCO3)CN(CC(=O)N(CC)CC)[C@H]1c1ccc(OC)cc1. The van der Waals surface area contributed by atoms with Gasteiger partial charge >= 0.3 is 5.97 Å². The molecule has 2 aliphatic rings. The van der Waals surface area contributed by atoms with Crippen LogP contribution in [0.3, 0.4) is 0 Å². The van der Waals surface area contributed by atoms with Gasteiger partial charge in [-0.1, -0.05) is 18.2 Å². The van der Waals surface area contributed by atoms with Crippen molar-refractivity contribution in [3.63, 3.8) is 0 Å². The highest BCUT2D eigenvalue weighted by molar-refractivity contribution is 5.79. The first kappa shape index (κ1) is 24.9. The van der Waals surface area contributed by atoms with Crippen LogP contribution in [0.4, 0.5) is 0 Å². The number of carbonyl (C=O) groups is 2. The van der Waals surface area contributed by atoms with Crippen molar-refractivity contribution >= 4 is 11.9 Å². The largest absolute Gasteiger partial charge is 0.497 e. The van der Waals surface area contributed by atoms with Crippen molar-refractivity contribution in [1.82, 2.24) is 9.80 Å². The number of carbonyl (C=O) groups excluding carboxylic acids is 2. The number of likely N-dealkylation sites (tertiary alicyclic amines) is 1. The number of benzene rings is 2. The molecule has 4 rings (SSSR count).